The van der Waals surface area contributed by atoms with Gasteiger partial charge in [-0.2, -0.15) is 11.3 Å². The number of rotatable bonds is 5. The minimum atomic E-state index is -0.429. The number of ether oxygens (including phenoxy) is 2. The molecule has 2 unspecified atom stereocenters. The largest absolute Gasteiger partial charge is 0.457 e. The summed E-state index contributed by atoms with van der Waals surface area (Å²) < 4.78 is 12.0. The number of piperidine rings is 1. The van der Waals surface area contributed by atoms with Crippen LogP contribution < -0.4 is 4.74 Å². The number of carbonyl (C=O) groups is 1. The number of nitrogens with zero attached hydrogens (tertiary/aromatic N) is 1. The van der Waals surface area contributed by atoms with Crippen molar-refractivity contribution in [1.82, 2.24) is 4.90 Å². The summed E-state index contributed by atoms with van der Waals surface area (Å²) in [4.78, 5) is 14.5. The van der Waals surface area contributed by atoms with Gasteiger partial charge in [-0.05, 0) is 52.2 Å². The van der Waals surface area contributed by atoms with Crippen molar-refractivity contribution in [1.29, 1.82) is 0 Å². The highest BCUT2D eigenvalue weighted by Crippen LogP contribution is 2.44. The molecule has 3 heterocycles. The average molecular weight is 432 g/mol. The molecule has 5 heteroatoms. The molecule has 2 atom stereocenters. The van der Waals surface area contributed by atoms with Crippen molar-refractivity contribution >= 4 is 17.3 Å². The lowest BCUT2D eigenvalue weighted by Gasteiger charge is -2.47. The third-order valence-corrected chi connectivity index (χ3v) is 6.88. The normalized spacial score (nSPS) is 23.6. The van der Waals surface area contributed by atoms with Crippen LogP contribution in [0.3, 0.4) is 0 Å². The van der Waals surface area contributed by atoms with Crippen LogP contribution in [0.1, 0.15) is 29.9 Å². The van der Waals surface area contributed by atoms with Crippen molar-refractivity contribution in [2.45, 2.75) is 30.9 Å². The van der Waals surface area contributed by atoms with Gasteiger partial charge < -0.3 is 9.47 Å². The van der Waals surface area contributed by atoms with Gasteiger partial charge in [0.1, 0.15) is 17.1 Å². The number of hydrogen-bond acceptors (Lipinski definition) is 5. The summed E-state index contributed by atoms with van der Waals surface area (Å²) in [5, 5.41) is 4.29. The van der Waals surface area contributed by atoms with Gasteiger partial charge in [0, 0.05) is 44.5 Å². The third-order valence-electron chi connectivity index (χ3n) is 6.18. The lowest BCUT2D eigenvalue weighted by molar-refractivity contribution is -0.164. The molecule has 1 spiro atoms. The minimum absolute atomic E-state index is 0.171. The first-order chi connectivity index (χ1) is 15.2. The average Bonchev–Trinajstić information content (AvgIpc) is 3.31. The maximum atomic E-state index is 12.1. The van der Waals surface area contributed by atoms with E-state index in [0.29, 0.717) is 0 Å². The maximum absolute atomic E-state index is 12.1. The van der Waals surface area contributed by atoms with Crippen molar-refractivity contribution < 1.29 is 14.3 Å². The molecule has 0 N–H and O–H groups in total. The molecule has 3 aromatic rings. The zero-order chi connectivity index (χ0) is 21.1. The number of para-hydroxylation sites is 1. The van der Waals surface area contributed by atoms with Crippen molar-refractivity contribution in [2.24, 2.45) is 0 Å². The summed E-state index contributed by atoms with van der Waals surface area (Å²) in [5.74, 6) is 1.64. The standard InChI is InChI=1S/C26H25NO3S/c28-25-10-5-12-26(30-25)13-14-27(18-24(26)21-11-15-31-19-21)17-20-6-4-9-23(16-20)29-22-7-2-1-3-8-22/h1-11,15-16,19,24H,12-14,17-18H2. The van der Waals surface area contributed by atoms with Crippen LogP contribution in [0.5, 0.6) is 11.5 Å². The molecule has 2 aliphatic rings. The van der Waals surface area contributed by atoms with Gasteiger partial charge in [0.2, 0.25) is 0 Å². The van der Waals surface area contributed by atoms with E-state index in [2.05, 4.69) is 33.9 Å². The highest BCUT2D eigenvalue weighted by atomic mass is 32.1. The Bertz CT molecular complexity index is 1060. The zero-order valence-corrected chi connectivity index (χ0v) is 18.1. The van der Waals surface area contributed by atoms with E-state index < -0.39 is 5.60 Å². The van der Waals surface area contributed by atoms with Crippen LogP contribution in [0.2, 0.25) is 0 Å². The monoisotopic (exact) mass is 431 g/mol. The molecule has 0 amide bonds. The predicted octanol–water partition coefficient (Wildman–Crippen LogP) is 5.77. The fourth-order valence-corrected chi connectivity index (χ4v) is 5.37. The number of esters is 1. The molecular weight excluding hydrogens is 406 g/mol. The molecule has 158 valence electrons. The second-order valence-electron chi connectivity index (χ2n) is 8.25. The van der Waals surface area contributed by atoms with Gasteiger partial charge in [-0.3, -0.25) is 4.90 Å². The van der Waals surface area contributed by atoms with Gasteiger partial charge >= 0.3 is 5.97 Å². The topological polar surface area (TPSA) is 38.8 Å². The quantitative estimate of drug-likeness (QED) is 0.481. The number of carbonyl (C=O) groups excluding carboxylic acids is 1. The summed E-state index contributed by atoms with van der Waals surface area (Å²) in [6.45, 7) is 2.60. The first-order valence-corrected chi connectivity index (χ1v) is 11.6. The van der Waals surface area contributed by atoms with E-state index in [9.17, 15) is 4.79 Å². The Hall–Kier alpha value is -2.89. The molecule has 1 saturated heterocycles. The minimum Gasteiger partial charge on any atom is -0.457 e. The van der Waals surface area contributed by atoms with Gasteiger partial charge in [0.05, 0.1) is 0 Å². The fraction of sp³-hybridized carbons (Fsp3) is 0.269. The molecule has 0 radical (unpaired) electrons. The van der Waals surface area contributed by atoms with Crippen LogP contribution in [0.4, 0.5) is 0 Å². The Morgan fingerprint density at radius 3 is 2.77 bits per heavy atom. The summed E-state index contributed by atoms with van der Waals surface area (Å²) in [7, 11) is 0. The number of thiophene rings is 1. The van der Waals surface area contributed by atoms with E-state index in [1.54, 1.807) is 17.4 Å². The molecular formula is C26H25NO3S. The second kappa shape index (κ2) is 8.69. The van der Waals surface area contributed by atoms with Crippen LogP contribution >= 0.6 is 11.3 Å². The van der Waals surface area contributed by atoms with Gasteiger partial charge in [0.25, 0.3) is 0 Å². The van der Waals surface area contributed by atoms with Crippen LogP contribution in [-0.2, 0) is 16.1 Å². The Morgan fingerprint density at radius 1 is 1.10 bits per heavy atom. The Morgan fingerprint density at radius 2 is 1.97 bits per heavy atom. The summed E-state index contributed by atoms with van der Waals surface area (Å²) in [5.41, 5.74) is 2.05. The summed E-state index contributed by atoms with van der Waals surface area (Å²) in [6, 6.07) is 20.3. The van der Waals surface area contributed by atoms with E-state index in [4.69, 9.17) is 9.47 Å². The molecule has 31 heavy (non-hydrogen) atoms. The van der Waals surface area contributed by atoms with Crippen LogP contribution in [-0.4, -0.2) is 29.6 Å². The zero-order valence-electron chi connectivity index (χ0n) is 17.3. The summed E-state index contributed by atoms with van der Waals surface area (Å²) >= 11 is 1.70. The Balaban J connectivity index is 1.32. The third kappa shape index (κ3) is 4.43. The van der Waals surface area contributed by atoms with Crippen molar-refractivity contribution in [3.8, 4) is 11.5 Å². The van der Waals surface area contributed by atoms with Crippen LogP contribution in [0.15, 0.2) is 83.6 Å². The lowest BCUT2D eigenvalue weighted by atomic mass is 9.74. The van der Waals surface area contributed by atoms with Gasteiger partial charge in [-0.15, -0.1) is 0 Å². The van der Waals surface area contributed by atoms with Crippen molar-refractivity contribution in [2.75, 3.05) is 13.1 Å². The van der Waals surface area contributed by atoms with Crippen molar-refractivity contribution in [3.05, 3.63) is 94.7 Å². The Kier molecular flexibility index (Phi) is 5.62. The smallest absolute Gasteiger partial charge is 0.331 e. The van der Waals surface area contributed by atoms with Gasteiger partial charge in [-0.25, -0.2) is 4.79 Å². The second-order valence-corrected chi connectivity index (χ2v) is 9.03. The van der Waals surface area contributed by atoms with E-state index in [0.717, 1.165) is 44.0 Å². The summed E-state index contributed by atoms with van der Waals surface area (Å²) in [6.07, 6.45) is 5.16. The highest BCUT2D eigenvalue weighted by molar-refractivity contribution is 7.08. The molecule has 2 aliphatic heterocycles. The first-order valence-electron chi connectivity index (χ1n) is 10.7. The number of benzene rings is 2. The molecule has 0 bridgehead atoms. The van der Waals surface area contributed by atoms with Gasteiger partial charge in [-0.1, -0.05) is 36.4 Å². The predicted molar refractivity (Wildman–Crippen MR) is 122 cm³/mol. The lowest BCUT2D eigenvalue weighted by Crippen LogP contribution is -2.53. The van der Waals surface area contributed by atoms with E-state index in [1.807, 2.05) is 48.5 Å². The molecule has 5 rings (SSSR count). The molecule has 1 aromatic heterocycles. The first kappa shape index (κ1) is 20.0. The molecule has 1 fully saturated rings. The van der Waals surface area contributed by atoms with E-state index in [1.165, 1.54) is 11.1 Å². The van der Waals surface area contributed by atoms with Crippen molar-refractivity contribution in [3.63, 3.8) is 0 Å². The van der Waals surface area contributed by atoms with E-state index in [-0.39, 0.29) is 11.9 Å². The highest BCUT2D eigenvalue weighted by Gasteiger charge is 2.47. The molecule has 4 nitrogen and oxygen atoms in total. The van der Waals surface area contributed by atoms with Crippen LogP contribution in [0, 0.1) is 0 Å². The molecule has 2 aromatic carbocycles. The molecule has 0 aliphatic carbocycles. The Labute approximate surface area is 186 Å². The number of hydrogen-bond donors (Lipinski definition) is 0. The van der Waals surface area contributed by atoms with Gasteiger partial charge in [0.15, 0.2) is 0 Å². The fourth-order valence-electron chi connectivity index (χ4n) is 4.65. The SMILES string of the molecule is O=C1C=CCC2(CCN(Cc3cccc(Oc4ccccc4)c3)CC2c2ccsc2)O1. The molecule has 0 saturated carbocycles. The number of likely N-dealkylation sites (tertiary alicyclic amines) is 1. The van der Waals surface area contributed by atoms with Crippen LogP contribution in [0.25, 0.3) is 0 Å². The van der Waals surface area contributed by atoms with E-state index >= 15 is 0 Å². The maximum Gasteiger partial charge on any atom is 0.331 e.